The van der Waals surface area contributed by atoms with Crippen LogP contribution in [0.1, 0.15) is 5.56 Å². The molecule has 0 radical (unpaired) electrons. The molecule has 226 valence electrons. The molecule has 0 bridgehead atoms. The molecule has 10 heteroatoms. The number of nitrogens with zero attached hydrogens (tertiary/aromatic N) is 4. The van der Waals surface area contributed by atoms with E-state index in [1.165, 1.54) is 0 Å². The summed E-state index contributed by atoms with van der Waals surface area (Å²) in [6.07, 6.45) is 3.56. The predicted octanol–water partition coefficient (Wildman–Crippen LogP) is 5.58. The number of benzene rings is 2. The zero-order valence-corrected chi connectivity index (χ0v) is 28.0. The van der Waals surface area contributed by atoms with Crippen LogP contribution >= 0.6 is 0 Å². The first-order valence-electron chi connectivity index (χ1n) is 12.8. The quantitative estimate of drug-likeness (QED) is 0.204. The molecule has 0 fully saturated rings. The van der Waals surface area contributed by atoms with Gasteiger partial charge in [0.1, 0.15) is 5.75 Å². The number of ether oxygens (including phenoxy) is 5. The second kappa shape index (κ2) is 15.9. The Labute approximate surface area is 263 Å². The molecule has 0 aliphatic rings. The Balaban J connectivity index is 0.000000287. The van der Waals surface area contributed by atoms with Gasteiger partial charge in [-0.25, -0.2) is 0 Å². The van der Waals surface area contributed by atoms with Crippen molar-refractivity contribution in [2.75, 3.05) is 73.5 Å². The van der Waals surface area contributed by atoms with Crippen molar-refractivity contribution >= 4 is 11.4 Å². The Morgan fingerprint density at radius 2 is 1.02 bits per heavy atom. The van der Waals surface area contributed by atoms with Crippen LogP contribution in [0.25, 0.3) is 22.5 Å². The van der Waals surface area contributed by atoms with Gasteiger partial charge in [0.25, 0.3) is 0 Å². The van der Waals surface area contributed by atoms with Crippen molar-refractivity contribution in [2.45, 2.75) is 6.92 Å². The van der Waals surface area contributed by atoms with Gasteiger partial charge in [0.15, 0.2) is 0 Å². The fourth-order valence-electron chi connectivity index (χ4n) is 4.17. The van der Waals surface area contributed by atoms with Gasteiger partial charge in [0.05, 0.1) is 58.5 Å². The van der Waals surface area contributed by atoms with E-state index in [2.05, 4.69) is 22.1 Å². The molecule has 4 aromatic rings. The van der Waals surface area contributed by atoms with Crippen LogP contribution in [0.15, 0.2) is 48.8 Å². The third-order valence-corrected chi connectivity index (χ3v) is 6.38. The molecule has 0 spiro atoms. The number of pyridine rings is 2. The van der Waals surface area contributed by atoms with Crippen molar-refractivity contribution in [3.05, 3.63) is 66.5 Å². The Kier molecular flexibility index (Phi) is 12.9. The Hall–Kier alpha value is -3.97. The summed E-state index contributed by atoms with van der Waals surface area (Å²) in [5, 5.41) is 0. The van der Waals surface area contributed by atoms with Crippen LogP contribution in [-0.4, -0.2) is 73.7 Å². The van der Waals surface area contributed by atoms with E-state index in [-0.39, 0.29) is 21.1 Å². The number of hydrogen-bond acceptors (Lipinski definition) is 9. The molecule has 2 aromatic heterocycles. The Morgan fingerprint density at radius 1 is 0.595 bits per heavy atom. The van der Waals surface area contributed by atoms with Crippen molar-refractivity contribution < 1.29 is 44.7 Å². The molecule has 9 nitrogen and oxygen atoms in total. The predicted molar refractivity (Wildman–Crippen MR) is 163 cm³/mol. The number of methoxy groups -OCH3 is 5. The fraction of sp³-hybridized carbons (Fsp3) is 0.312. The van der Waals surface area contributed by atoms with Gasteiger partial charge in [-0.3, -0.25) is 0 Å². The van der Waals surface area contributed by atoms with E-state index in [9.17, 15) is 0 Å². The summed E-state index contributed by atoms with van der Waals surface area (Å²) in [4.78, 5) is 12.9. The van der Waals surface area contributed by atoms with Crippen LogP contribution in [0.5, 0.6) is 28.7 Å². The minimum atomic E-state index is 0. The van der Waals surface area contributed by atoms with Crippen molar-refractivity contribution in [2.24, 2.45) is 0 Å². The maximum absolute atomic E-state index is 5.47. The largest absolute Gasteiger partial charge is 2.00 e. The molecule has 0 amide bonds. The van der Waals surface area contributed by atoms with Crippen molar-refractivity contribution in [3.8, 4) is 51.3 Å². The summed E-state index contributed by atoms with van der Waals surface area (Å²) in [6, 6.07) is 17.8. The maximum Gasteiger partial charge on any atom is 2.00 e. The first kappa shape index (κ1) is 34.2. The molecule has 2 heterocycles. The van der Waals surface area contributed by atoms with E-state index in [0.717, 1.165) is 45.2 Å². The van der Waals surface area contributed by atoms with Crippen LogP contribution in [-0.2, 0) is 21.1 Å². The smallest absolute Gasteiger partial charge is 0.536 e. The monoisotopic (exact) mass is 753 g/mol. The van der Waals surface area contributed by atoms with E-state index in [1.807, 2.05) is 69.2 Å². The first-order chi connectivity index (χ1) is 19.7. The zero-order valence-electron chi connectivity index (χ0n) is 25.8. The van der Waals surface area contributed by atoms with Gasteiger partial charge in [0.2, 0.25) is 0 Å². The molecule has 4 rings (SSSR count). The van der Waals surface area contributed by atoms with Crippen LogP contribution in [0, 0.1) is 19.1 Å². The van der Waals surface area contributed by atoms with E-state index < -0.39 is 0 Å². The summed E-state index contributed by atoms with van der Waals surface area (Å²) in [7, 11) is 16.0. The molecule has 0 unspecified atom stereocenters. The molecule has 2 aromatic carbocycles. The second-order valence-electron chi connectivity index (χ2n) is 9.28. The van der Waals surface area contributed by atoms with Crippen LogP contribution in [0.2, 0.25) is 0 Å². The SMILES string of the molecule is COc1c[c-]c(-c2cc(N(C)C)ccn2)c(C)c1OC.COc1c[c-]c(-c2cc(N(C)C)ccn2)c(OC)c1OC.[Pt+2]. The van der Waals surface area contributed by atoms with Gasteiger partial charge in [-0.1, -0.05) is 30.2 Å². The minimum Gasteiger partial charge on any atom is -0.536 e. The standard InChI is InChI=1S/C16H19N2O3.C16H19N2O2.Pt/c1-18(2)11-8-9-17-13(10-11)12-6-7-14(19-3)16(21-5)15(12)20-4;1-11-13(6-7-15(19-4)16(11)20-5)14-10-12(18(2)3)8-9-17-14;/h7-10H,1-5H3;7-10H,1-5H3;/q2*-1;+2. The summed E-state index contributed by atoms with van der Waals surface area (Å²) >= 11 is 0. The van der Waals surface area contributed by atoms with Gasteiger partial charge >= 0.3 is 21.1 Å². The molecule has 0 N–H and O–H groups in total. The molecule has 0 aliphatic carbocycles. The molecule has 42 heavy (non-hydrogen) atoms. The van der Waals surface area contributed by atoms with Gasteiger partial charge in [-0.2, -0.15) is 0 Å². The molecular weight excluding hydrogens is 715 g/mol. The Bertz CT molecular complexity index is 1460. The van der Waals surface area contributed by atoms with Gasteiger partial charge in [0, 0.05) is 52.0 Å². The summed E-state index contributed by atoms with van der Waals surface area (Å²) in [5.41, 5.74) is 6.40. The number of anilines is 2. The minimum absolute atomic E-state index is 0. The van der Waals surface area contributed by atoms with Gasteiger partial charge in [-0.05, 0) is 23.5 Å². The average molecular weight is 754 g/mol. The molecular formula is C32H38N4O5Pt. The van der Waals surface area contributed by atoms with E-state index >= 15 is 0 Å². The van der Waals surface area contributed by atoms with Crippen LogP contribution < -0.4 is 33.5 Å². The zero-order chi connectivity index (χ0) is 30.1. The third kappa shape index (κ3) is 7.65. The van der Waals surface area contributed by atoms with E-state index in [0.29, 0.717) is 23.0 Å². The number of hydrogen-bond donors (Lipinski definition) is 0. The summed E-state index contributed by atoms with van der Waals surface area (Å²) < 4.78 is 26.8. The second-order valence-corrected chi connectivity index (χ2v) is 9.28. The van der Waals surface area contributed by atoms with Gasteiger partial charge < -0.3 is 43.5 Å². The fourth-order valence-corrected chi connectivity index (χ4v) is 4.17. The average Bonchev–Trinajstić information content (AvgIpc) is 3.00. The van der Waals surface area contributed by atoms with E-state index in [4.69, 9.17) is 23.7 Å². The van der Waals surface area contributed by atoms with Gasteiger partial charge in [-0.15, -0.1) is 29.8 Å². The van der Waals surface area contributed by atoms with E-state index in [1.54, 1.807) is 60.1 Å². The summed E-state index contributed by atoms with van der Waals surface area (Å²) in [6.45, 7) is 1.98. The number of aromatic nitrogens is 2. The topological polar surface area (TPSA) is 78.4 Å². The van der Waals surface area contributed by atoms with Crippen LogP contribution in [0.4, 0.5) is 11.4 Å². The maximum atomic E-state index is 5.47. The molecule has 0 saturated heterocycles. The summed E-state index contributed by atoms with van der Waals surface area (Å²) in [5.74, 6) is 3.06. The molecule has 0 atom stereocenters. The first-order valence-corrected chi connectivity index (χ1v) is 12.8. The normalized spacial score (nSPS) is 9.95. The Morgan fingerprint density at radius 3 is 1.45 bits per heavy atom. The molecule has 0 aliphatic heterocycles. The number of rotatable bonds is 9. The third-order valence-electron chi connectivity index (χ3n) is 6.38. The molecule has 0 saturated carbocycles. The van der Waals surface area contributed by atoms with Crippen molar-refractivity contribution in [1.82, 2.24) is 9.97 Å². The van der Waals surface area contributed by atoms with Crippen molar-refractivity contribution in [1.29, 1.82) is 0 Å². The van der Waals surface area contributed by atoms with Crippen LogP contribution in [0.3, 0.4) is 0 Å². The van der Waals surface area contributed by atoms with Crippen molar-refractivity contribution in [3.63, 3.8) is 0 Å².